The van der Waals surface area contributed by atoms with Crippen LogP contribution < -0.4 is 0 Å². The molecule has 0 N–H and O–H groups in total. The van der Waals surface area contributed by atoms with E-state index in [1.54, 1.807) is 0 Å². The van der Waals surface area contributed by atoms with Gasteiger partial charge in [-0.1, -0.05) is 69.0 Å². The minimum absolute atomic E-state index is 0.295. The summed E-state index contributed by atoms with van der Waals surface area (Å²) in [5.41, 5.74) is 9.68. The smallest absolute Gasteiger partial charge is 0.167 e. The van der Waals surface area contributed by atoms with Crippen molar-refractivity contribution in [1.82, 2.24) is 5.16 Å². The van der Waals surface area contributed by atoms with Crippen LogP contribution in [0.4, 0.5) is 0 Å². The Morgan fingerprint density at radius 2 is 1.91 bits per heavy atom. The molecule has 0 bridgehead atoms. The Morgan fingerprint density at radius 3 is 2.68 bits per heavy atom. The number of aryl methyl sites for hydroxylation is 2. The van der Waals surface area contributed by atoms with Crippen molar-refractivity contribution in [3.63, 3.8) is 0 Å². The van der Waals surface area contributed by atoms with E-state index in [1.165, 1.54) is 72.8 Å². The molecular formula is C31H37NO2. The van der Waals surface area contributed by atoms with Gasteiger partial charge >= 0.3 is 0 Å². The van der Waals surface area contributed by atoms with Crippen LogP contribution in [-0.4, -0.2) is 10.9 Å². The third-order valence-corrected chi connectivity index (χ3v) is 8.21. The number of nitrogens with zero attached hydrogens (tertiary/aromatic N) is 1. The van der Waals surface area contributed by atoms with Crippen LogP contribution in [0.2, 0.25) is 0 Å². The molecule has 2 unspecified atom stereocenters. The number of carbonyl (C=O) groups is 1. The summed E-state index contributed by atoms with van der Waals surface area (Å²) >= 11 is 0. The summed E-state index contributed by atoms with van der Waals surface area (Å²) in [6.45, 7) is 6.61. The van der Waals surface area contributed by atoms with Crippen LogP contribution >= 0.6 is 0 Å². The number of ketones is 1. The highest BCUT2D eigenvalue weighted by atomic mass is 16.5. The summed E-state index contributed by atoms with van der Waals surface area (Å²) in [6.07, 6.45) is 11.6. The highest BCUT2D eigenvalue weighted by molar-refractivity contribution is 6.03. The lowest BCUT2D eigenvalue weighted by Gasteiger charge is -2.22. The number of hydrogen-bond donors (Lipinski definition) is 0. The van der Waals surface area contributed by atoms with Crippen LogP contribution in [-0.2, 0) is 12.8 Å². The van der Waals surface area contributed by atoms with Gasteiger partial charge in [-0.2, -0.15) is 0 Å². The molecule has 0 radical (unpaired) electrons. The van der Waals surface area contributed by atoms with Gasteiger partial charge in [0.1, 0.15) is 0 Å². The van der Waals surface area contributed by atoms with E-state index in [4.69, 9.17) is 4.52 Å². The van der Waals surface area contributed by atoms with Gasteiger partial charge < -0.3 is 4.52 Å². The van der Waals surface area contributed by atoms with Crippen LogP contribution in [0.1, 0.15) is 104 Å². The molecule has 1 heterocycles. The van der Waals surface area contributed by atoms with Gasteiger partial charge in [-0.25, -0.2) is 0 Å². The van der Waals surface area contributed by atoms with Crippen LogP contribution in [0.3, 0.4) is 0 Å². The first-order valence-electron chi connectivity index (χ1n) is 13.3. The van der Waals surface area contributed by atoms with E-state index < -0.39 is 0 Å². The number of aromatic nitrogens is 1. The van der Waals surface area contributed by atoms with Crippen LogP contribution in [0.15, 0.2) is 40.9 Å². The molecule has 2 aliphatic carbocycles. The summed E-state index contributed by atoms with van der Waals surface area (Å²) in [7, 11) is 0. The van der Waals surface area contributed by atoms with E-state index in [9.17, 15) is 4.79 Å². The minimum atomic E-state index is 0.295. The Labute approximate surface area is 203 Å². The van der Waals surface area contributed by atoms with E-state index in [1.807, 2.05) is 13.0 Å². The van der Waals surface area contributed by atoms with Gasteiger partial charge in [0.15, 0.2) is 11.5 Å². The Morgan fingerprint density at radius 1 is 1.03 bits per heavy atom. The zero-order valence-corrected chi connectivity index (χ0v) is 21.0. The fraction of sp³-hybridized carbons (Fsp3) is 0.484. The molecule has 34 heavy (non-hydrogen) atoms. The lowest BCUT2D eigenvalue weighted by Crippen LogP contribution is -2.06. The Hall–Kier alpha value is -2.68. The molecule has 3 nitrogen and oxygen atoms in total. The zero-order chi connectivity index (χ0) is 23.7. The number of Topliss-reactive ketones (excluding diaryl/α,β-unsaturated/α-hetero) is 1. The van der Waals surface area contributed by atoms with Gasteiger partial charge in [0.25, 0.3) is 0 Å². The second kappa shape index (κ2) is 9.90. The molecule has 1 aromatic heterocycles. The summed E-state index contributed by atoms with van der Waals surface area (Å²) in [5, 5.41) is 4.11. The van der Waals surface area contributed by atoms with Crippen molar-refractivity contribution in [3.8, 4) is 22.5 Å². The van der Waals surface area contributed by atoms with Crippen LogP contribution in [0.25, 0.3) is 22.5 Å². The molecule has 0 amide bonds. The van der Waals surface area contributed by atoms with Crippen molar-refractivity contribution in [1.29, 1.82) is 0 Å². The molecule has 2 aliphatic rings. The fourth-order valence-corrected chi connectivity index (χ4v) is 6.18. The van der Waals surface area contributed by atoms with Gasteiger partial charge in [0.2, 0.25) is 0 Å². The van der Waals surface area contributed by atoms with Crippen LogP contribution in [0.5, 0.6) is 0 Å². The first-order valence-corrected chi connectivity index (χ1v) is 13.3. The number of fused-ring (bicyclic) bond motifs is 5. The van der Waals surface area contributed by atoms with E-state index in [2.05, 4.69) is 49.3 Å². The summed E-state index contributed by atoms with van der Waals surface area (Å²) < 4.78 is 5.62. The second-order valence-corrected chi connectivity index (χ2v) is 10.4. The average Bonchev–Trinajstić information content (AvgIpc) is 3.41. The number of benzene rings is 2. The molecule has 0 aliphatic heterocycles. The van der Waals surface area contributed by atoms with Gasteiger partial charge in [0, 0.05) is 23.6 Å². The van der Waals surface area contributed by atoms with Gasteiger partial charge in [0.05, 0.1) is 5.69 Å². The topological polar surface area (TPSA) is 43.1 Å². The number of unbranched alkanes of at least 4 members (excludes halogenated alkanes) is 1. The lowest BCUT2D eigenvalue weighted by molar-refractivity contribution is 0.0994. The van der Waals surface area contributed by atoms with E-state index in [0.717, 1.165) is 41.3 Å². The van der Waals surface area contributed by atoms with Crippen LogP contribution in [0, 0.1) is 12.8 Å². The highest BCUT2D eigenvalue weighted by Crippen LogP contribution is 2.46. The van der Waals surface area contributed by atoms with Crippen molar-refractivity contribution in [2.24, 2.45) is 5.92 Å². The molecule has 2 atom stereocenters. The van der Waals surface area contributed by atoms with Crippen molar-refractivity contribution < 1.29 is 9.32 Å². The Balaban J connectivity index is 1.57. The maximum Gasteiger partial charge on any atom is 0.167 e. The second-order valence-electron chi connectivity index (χ2n) is 10.4. The quantitative estimate of drug-likeness (QED) is 0.342. The molecule has 5 rings (SSSR count). The SMILES string of the molecule is CCCCC(CC)CCC1CCc2ccc3c(c2-c2cc(-c4cc(C)no4)ccc21)CCC3=O. The minimum Gasteiger partial charge on any atom is -0.356 e. The normalized spacial score (nSPS) is 17.7. The molecule has 3 heteroatoms. The number of hydrogen-bond acceptors (Lipinski definition) is 3. The lowest BCUT2D eigenvalue weighted by atomic mass is 9.83. The van der Waals surface area contributed by atoms with Gasteiger partial charge in [-0.05, 0) is 84.7 Å². The fourth-order valence-electron chi connectivity index (χ4n) is 6.18. The summed E-state index contributed by atoms with van der Waals surface area (Å²) in [5.74, 6) is 2.49. The van der Waals surface area contributed by atoms with E-state index in [-0.39, 0.29) is 0 Å². The first kappa shape index (κ1) is 23.1. The maximum absolute atomic E-state index is 12.6. The standard InChI is InChI=1S/C31H37NO2/c1-4-6-7-21(5-2)8-9-22-10-11-23-12-15-26-27(16-17-29(26)33)31(23)28-19-24(13-14-25(22)28)30-18-20(3)32-34-30/h12-15,18-19,21-22H,4-11,16-17H2,1-3H3. The van der Waals surface area contributed by atoms with Crippen molar-refractivity contribution in [3.05, 3.63) is 64.3 Å². The Bertz CT molecular complexity index is 1190. The van der Waals surface area contributed by atoms with Crippen molar-refractivity contribution in [2.45, 2.75) is 90.9 Å². The molecule has 0 spiro atoms. The molecule has 0 saturated carbocycles. The monoisotopic (exact) mass is 455 g/mol. The maximum atomic E-state index is 12.6. The molecule has 0 fully saturated rings. The Kier molecular flexibility index (Phi) is 6.72. The molecular weight excluding hydrogens is 418 g/mol. The number of rotatable bonds is 8. The largest absolute Gasteiger partial charge is 0.356 e. The molecule has 178 valence electrons. The van der Waals surface area contributed by atoms with Crippen molar-refractivity contribution >= 4 is 5.78 Å². The molecule has 0 saturated heterocycles. The number of carbonyl (C=O) groups excluding carboxylic acids is 1. The zero-order valence-electron chi connectivity index (χ0n) is 21.0. The van der Waals surface area contributed by atoms with E-state index >= 15 is 0 Å². The average molecular weight is 456 g/mol. The van der Waals surface area contributed by atoms with Gasteiger partial charge in [-0.15, -0.1) is 0 Å². The van der Waals surface area contributed by atoms with E-state index in [0.29, 0.717) is 18.1 Å². The summed E-state index contributed by atoms with van der Waals surface area (Å²) in [6, 6.07) is 13.2. The van der Waals surface area contributed by atoms with Gasteiger partial charge in [-0.3, -0.25) is 4.79 Å². The third-order valence-electron chi connectivity index (χ3n) is 8.21. The third kappa shape index (κ3) is 4.37. The molecule has 3 aromatic rings. The highest BCUT2D eigenvalue weighted by Gasteiger charge is 2.30. The summed E-state index contributed by atoms with van der Waals surface area (Å²) in [4.78, 5) is 12.6. The van der Waals surface area contributed by atoms with Crippen molar-refractivity contribution in [2.75, 3.05) is 0 Å². The predicted octanol–water partition coefficient (Wildman–Crippen LogP) is 8.47. The first-order chi connectivity index (χ1) is 16.6. The molecule has 2 aromatic carbocycles. The predicted molar refractivity (Wildman–Crippen MR) is 138 cm³/mol.